The topological polar surface area (TPSA) is 175 Å². The van der Waals surface area contributed by atoms with Crippen molar-refractivity contribution in [2.45, 2.75) is 269 Å². The summed E-state index contributed by atoms with van der Waals surface area (Å²) in [4.78, 5) is 26.4. The van der Waals surface area contributed by atoms with Crippen LogP contribution in [0.1, 0.15) is 220 Å². The van der Waals surface area contributed by atoms with E-state index in [1.165, 1.54) is 96.3 Å². The van der Waals surface area contributed by atoms with Crippen molar-refractivity contribution in [2.75, 3.05) is 13.2 Å². The second kappa shape index (κ2) is 46.2. The van der Waals surface area contributed by atoms with E-state index in [1.54, 1.807) is 6.08 Å². The number of amides is 1. The van der Waals surface area contributed by atoms with E-state index < -0.39 is 67.4 Å². The van der Waals surface area contributed by atoms with E-state index >= 15 is 0 Å². The van der Waals surface area contributed by atoms with Gasteiger partial charge in [-0.2, -0.15) is 0 Å². The molecule has 0 radical (unpaired) electrons. The molecule has 1 heterocycles. The number of hydrogen-bond donors (Lipinski definition) is 6. The molecule has 69 heavy (non-hydrogen) atoms. The van der Waals surface area contributed by atoms with Gasteiger partial charge < -0.3 is 45.1 Å². The van der Waals surface area contributed by atoms with Gasteiger partial charge in [-0.3, -0.25) is 9.59 Å². The van der Waals surface area contributed by atoms with Gasteiger partial charge in [0.25, 0.3) is 0 Å². The van der Waals surface area contributed by atoms with Gasteiger partial charge in [-0.15, -0.1) is 0 Å². The number of hydrogen-bond acceptors (Lipinski definition) is 10. The molecule has 0 aromatic heterocycles. The Morgan fingerprint density at radius 2 is 1.06 bits per heavy atom. The number of rotatable bonds is 45. The van der Waals surface area contributed by atoms with Crippen molar-refractivity contribution >= 4 is 11.9 Å². The fourth-order valence-corrected chi connectivity index (χ4v) is 8.24. The molecule has 6 N–H and O–H groups in total. The highest BCUT2D eigenvalue weighted by molar-refractivity contribution is 5.80. The first-order chi connectivity index (χ1) is 33.7. The van der Waals surface area contributed by atoms with Crippen molar-refractivity contribution in [3.63, 3.8) is 0 Å². The van der Waals surface area contributed by atoms with Gasteiger partial charge in [-0.25, -0.2) is 0 Å². The van der Waals surface area contributed by atoms with Crippen molar-refractivity contribution < 1.29 is 49.3 Å². The number of ether oxygens (including phenoxy) is 3. The van der Waals surface area contributed by atoms with Gasteiger partial charge in [-0.1, -0.05) is 216 Å². The Morgan fingerprint density at radius 3 is 1.61 bits per heavy atom. The van der Waals surface area contributed by atoms with Gasteiger partial charge in [-0.05, 0) is 70.6 Å². The number of unbranched alkanes of at least 4 members (excludes halogenated alkanes) is 24. The van der Waals surface area contributed by atoms with Crippen LogP contribution in [0.4, 0.5) is 0 Å². The van der Waals surface area contributed by atoms with Crippen molar-refractivity contribution in [3.8, 4) is 0 Å². The predicted octanol–water partition coefficient (Wildman–Crippen LogP) is 12.1. The molecule has 11 heteroatoms. The molecule has 8 atom stereocenters. The molecular formula is C58H101NO10. The quantitative estimate of drug-likeness (QED) is 0.0149. The Labute approximate surface area is 420 Å². The first-order valence-electron chi connectivity index (χ1n) is 27.8. The molecule has 0 bridgehead atoms. The molecule has 0 aromatic carbocycles. The highest BCUT2D eigenvalue weighted by Gasteiger charge is 2.47. The molecule has 1 aliphatic rings. The van der Waals surface area contributed by atoms with Crippen LogP contribution in [0.15, 0.2) is 72.9 Å². The SMILES string of the molecule is CC/C=C/C=C/C=C\C=C/CCCCCC(=O)OC1C(OCC(NC(=O)C(O)CCCCCCCC/C=C/CCCCCCCC)C(O)/C=C/CCCCCCCCCCC)OC(CO)C(O)C1O. The molecule has 11 nitrogen and oxygen atoms in total. The number of aliphatic hydroxyl groups is 5. The normalized spacial score (nSPS) is 20.4. The Hall–Kier alpha value is -2.90. The number of carbonyl (C=O) groups is 2. The summed E-state index contributed by atoms with van der Waals surface area (Å²) in [7, 11) is 0. The lowest BCUT2D eigenvalue weighted by molar-refractivity contribution is -0.305. The zero-order valence-electron chi connectivity index (χ0n) is 43.7. The molecule has 398 valence electrons. The number of esters is 1. The monoisotopic (exact) mass is 972 g/mol. The van der Waals surface area contributed by atoms with Crippen LogP contribution in [0.3, 0.4) is 0 Å². The molecule has 1 aliphatic heterocycles. The van der Waals surface area contributed by atoms with Crippen LogP contribution < -0.4 is 5.32 Å². The van der Waals surface area contributed by atoms with E-state index in [0.29, 0.717) is 12.8 Å². The lowest BCUT2D eigenvalue weighted by Gasteiger charge is -2.41. The van der Waals surface area contributed by atoms with Gasteiger partial charge in [0.05, 0.1) is 25.4 Å². The molecule has 1 rings (SSSR count). The first-order valence-corrected chi connectivity index (χ1v) is 27.8. The first kappa shape index (κ1) is 64.1. The van der Waals surface area contributed by atoms with E-state index in [9.17, 15) is 35.1 Å². The average molecular weight is 972 g/mol. The summed E-state index contributed by atoms with van der Waals surface area (Å²) in [6.45, 7) is 5.58. The molecule has 0 aliphatic carbocycles. The maximum absolute atomic E-state index is 13.4. The maximum atomic E-state index is 13.4. The zero-order chi connectivity index (χ0) is 50.4. The Balaban J connectivity index is 2.77. The maximum Gasteiger partial charge on any atom is 0.306 e. The summed E-state index contributed by atoms with van der Waals surface area (Å²) in [6, 6.07) is -1.04. The second-order valence-corrected chi connectivity index (χ2v) is 19.0. The van der Waals surface area contributed by atoms with Crippen LogP contribution in [0.5, 0.6) is 0 Å². The summed E-state index contributed by atoms with van der Waals surface area (Å²) in [5, 5.41) is 56.7. The molecule has 0 saturated carbocycles. The van der Waals surface area contributed by atoms with E-state index in [4.69, 9.17) is 14.2 Å². The van der Waals surface area contributed by atoms with Crippen LogP contribution in [0.25, 0.3) is 0 Å². The second-order valence-electron chi connectivity index (χ2n) is 19.0. The fourth-order valence-electron chi connectivity index (χ4n) is 8.24. The van der Waals surface area contributed by atoms with E-state index in [-0.39, 0.29) is 19.4 Å². The smallest absolute Gasteiger partial charge is 0.306 e. The Bertz CT molecular complexity index is 1390. The van der Waals surface area contributed by atoms with E-state index in [2.05, 4.69) is 50.4 Å². The third-order valence-corrected chi connectivity index (χ3v) is 12.7. The molecule has 8 unspecified atom stereocenters. The minimum atomic E-state index is -1.63. The number of aliphatic hydroxyl groups excluding tert-OH is 5. The Kier molecular flexibility index (Phi) is 42.9. The molecular weight excluding hydrogens is 871 g/mol. The summed E-state index contributed by atoms with van der Waals surface area (Å²) in [5.41, 5.74) is 0. The van der Waals surface area contributed by atoms with Crippen LogP contribution in [0.2, 0.25) is 0 Å². The number of nitrogens with one attached hydrogen (secondary N) is 1. The molecule has 0 aromatic rings. The lowest BCUT2D eigenvalue weighted by atomic mass is 9.99. The summed E-state index contributed by atoms with van der Waals surface area (Å²) in [6.07, 6.45) is 46.7. The van der Waals surface area contributed by atoms with Crippen molar-refractivity contribution in [3.05, 3.63) is 72.9 Å². The van der Waals surface area contributed by atoms with Crippen molar-refractivity contribution in [2.24, 2.45) is 0 Å². The van der Waals surface area contributed by atoms with Gasteiger partial charge in [0.1, 0.15) is 24.4 Å². The molecule has 1 amide bonds. The fraction of sp³-hybridized carbons (Fsp3) is 0.759. The van der Waals surface area contributed by atoms with Crippen molar-refractivity contribution in [1.29, 1.82) is 0 Å². The zero-order valence-corrected chi connectivity index (χ0v) is 43.7. The number of allylic oxidation sites excluding steroid dienone is 11. The standard InChI is InChI=1S/C58H101NO10/c1-4-7-10-13-16-19-22-24-25-26-28-30-33-36-39-42-45-51(62)57(66)59-49(50(61)44-41-38-35-32-29-21-18-15-12-9-6-3)48-67-58-56(55(65)54(64)52(47-60)68-58)69-53(63)46-43-40-37-34-31-27-23-20-17-14-11-8-5-2/h8,11,14,17,20,23-25,27,31,41,44,49-52,54-56,58,60-62,64-65H,4-7,9-10,12-13,15-16,18-19,21-22,26,28-30,32-40,42-43,45-48H2,1-3H3,(H,59,66)/b11-8+,17-14+,23-20-,25-24+,31-27-,44-41+. The predicted molar refractivity (Wildman–Crippen MR) is 283 cm³/mol. The summed E-state index contributed by atoms with van der Waals surface area (Å²) >= 11 is 0. The highest BCUT2D eigenvalue weighted by Crippen LogP contribution is 2.26. The van der Waals surface area contributed by atoms with Crippen LogP contribution in [0, 0.1) is 0 Å². The minimum Gasteiger partial charge on any atom is -0.454 e. The van der Waals surface area contributed by atoms with Crippen LogP contribution in [-0.2, 0) is 23.8 Å². The molecule has 1 fully saturated rings. The summed E-state index contributed by atoms with van der Waals surface area (Å²) < 4.78 is 17.5. The largest absolute Gasteiger partial charge is 0.454 e. The van der Waals surface area contributed by atoms with E-state index in [0.717, 1.165) is 77.0 Å². The Morgan fingerprint density at radius 1 is 0.580 bits per heavy atom. The van der Waals surface area contributed by atoms with Crippen molar-refractivity contribution in [1.82, 2.24) is 5.32 Å². The van der Waals surface area contributed by atoms with Gasteiger partial charge in [0.15, 0.2) is 12.4 Å². The average Bonchev–Trinajstić information content (AvgIpc) is 3.34. The third kappa shape index (κ3) is 35.0. The molecule has 1 saturated heterocycles. The van der Waals surface area contributed by atoms with Gasteiger partial charge >= 0.3 is 5.97 Å². The highest BCUT2D eigenvalue weighted by atomic mass is 16.7. The number of carbonyl (C=O) groups excluding carboxylic acids is 2. The van der Waals surface area contributed by atoms with Crippen LogP contribution in [-0.4, -0.2) is 99.6 Å². The van der Waals surface area contributed by atoms with Gasteiger partial charge in [0, 0.05) is 6.42 Å². The summed E-state index contributed by atoms with van der Waals surface area (Å²) in [5.74, 6) is -1.24. The van der Waals surface area contributed by atoms with Gasteiger partial charge in [0.2, 0.25) is 5.91 Å². The van der Waals surface area contributed by atoms with E-state index in [1.807, 2.05) is 42.5 Å². The minimum absolute atomic E-state index is 0.0746. The lowest BCUT2D eigenvalue weighted by Crippen LogP contribution is -2.61. The van der Waals surface area contributed by atoms with Crippen LogP contribution >= 0.6 is 0 Å². The third-order valence-electron chi connectivity index (χ3n) is 12.7. The molecule has 0 spiro atoms.